The molecule has 1 aromatic rings. The highest BCUT2D eigenvalue weighted by atomic mass is 32.2. The normalized spacial score (nSPS) is 12.3. The number of nitrogens with zero attached hydrogens (tertiary/aromatic N) is 1. The van der Waals surface area contributed by atoms with E-state index in [0.717, 1.165) is 18.2 Å². The Balaban J connectivity index is 2.74. The lowest BCUT2D eigenvalue weighted by Gasteiger charge is -2.22. The number of anilines is 1. The van der Waals surface area contributed by atoms with Gasteiger partial charge < -0.3 is 0 Å². The van der Waals surface area contributed by atoms with Gasteiger partial charge in [-0.25, -0.2) is 21.6 Å². The minimum Gasteiger partial charge on any atom is -0.269 e. The van der Waals surface area contributed by atoms with Gasteiger partial charge in [-0.2, -0.15) is 0 Å². The van der Waals surface area contributed by atoms with Crippen molar-refractivity contribution in [3.05, 3.63) is 29.8 Å². The molecule has 0 atom stereocenters. The second kappa shape index (κ2) is 7.94. The molecule has 0 aromatic heterocycles. The third-order valence-corrected chi connectivity index (χ3v) is 5.79. The second-order valence-corrected chi connectivity index (χ2v) is 9.07. The fraction of sp³-hybridized carbons (Fsp3) is 0.571. The molecule has 0 fully saturated rings. The summed E-state index contributed by atoms with van der Waals surface area (Å²) in [4.78, 5) is 0. The Morgan fingerprint density at radius 1 is 1.09 bits per heavy atom. The zero-order chi connectivity index (χ0) is 16.8. The van der Waals surface area contributed by atoms with E-state index in [-0.39, 0.29) is 18.8 Å². The summed E-state index contributed by atoms with van der Waals surface area (Å²) in [6.45, 7) is 3.94. The SMILES string of the molecule is CCCCS(=O)(=O)NCCN(c1ccc(C)cc1)S(C)(=O)=O. The van der Waals surface area contributed by atoms with Gasteiger partial charge in [-0.15, -0.1) is 0 Å². The average molecular weight is 348 g/mol. The van der Waals surface area contributed by atoms with Gasteiger partial charge in [0.15, 0.2) is 0 Å². The van der Waals surface area contributed by atoms with Crippen molar-refractivity contribution in [3.63, 3.8) is 0 Å². The number of sulfonamides is 2. The first-order valence-corrected chi connectivity index (χ1v) is 10.7. The maximum atomic E-state index is 11.9. The average Bonchev–Trinajstić information content (AvgIpc) is 2.41. The number of nitrogens with one attached hydrogen (secondary N) is 1. The quantitative estimate of drug-likeness (QED) is 0.733. The molecule has 22 heavy (non-hydrogen) atoms. The Bertz CT molecular complexity index is 667. The van der Waals surface area contributed by atoms with Gasteiger partial charge >= 0.3 is 0 Å². The predicted octanol–water partition coefficient (Wildman–Crippen LogP) is 1.48. The van der Waals surface area contributed by atoms with Gasteiger partial charge in [-0.1, -0.05) is 31.0 Å². The zero-order valence-electron chi connectivity index (χ0n) is 13.2. The Labute approximate surface area is 133 Å². The van der Waals surface area contributed by atoms with Crippen molar-refractivity contribution >= 4 is 25.7 Å². The molecule has 0 aliphatic rings. The summed E-state index contributed by atoms with van der Waals surface area (Å²) in [7, 11) is -6.81. The van der Waals surface area contributed by atoms with E-state index in [1.807, 2.05) is 26.0 Å². The second-order valence-electron chi connectivity index (χ2n) is 5.24. The standard InChI is InChI=1S/C14H24N2O4S2/c1-4-5-12-22(19,20)15-10-11-16(21(3,17)18)14-8-6-13(2)7-9-14/h6-9,15H,4-5,10-12H2,1-3H3. The summed E-state index contributed by atoms with van der Waals surface area (Å²) in [5.74, 6) is 0.0624. The summed E-state index contributed by atoms with van der Waals surface area (Å²) in [6.07, 6.45) is 2.49. The maximum Gasteiger partial charge on any atom is 0.232 e. The number of aryl methyl sites for hydroxylation is 1. The molecule has 1 aromatic carbocycles. The summed E-state index contributed by atoms with van der Waals surface area (Å²) in [6, 6.07) is 7.06. The summed E-state index contributed by atoms with van der Waals surface area (Å²) >= 11 is 0. The van der Waals surface area contributed by atoms with Gasteiger partial charge in [0.1, 0.15) is 0 Å². The third kappa shape index (κ3) is 6.33. The highest BCUT2D eigenvalue weighted by Crippen LogP contribution is 2.17. The van der Waals surface area contributed by atoms with E-state index in [1.54, 1.807) is 12.1 Å². The van der Waals surface area contributed by atoms with Crippen LogP contribution in [0.15, 0.2) is 24.3 Å². The lowest BCUT2D eigenvalue weighted by Crippen LogP contribution is -2.38. The minimum atomic E-state index is -3.47. The molecular formula is C14H24N2O4S2. The Hall–Kier alpha value is -1.12. The fourth-order valence-corrected chi connectivity index (χ4v) is 4.05. The first-order valence-electron chi connectivity index (χ1n) is 7.17. The van der Waals surface area contributed by atoms with Crippen molar-refractivity contribution < 1.29 is 16.8 Å². The van der Waals surface area contributed by atoms with Gasteiger partial charge in [-0.05, 0) is 25.5 Å². The van der Waals surface area contributed by atoms with E-state index < -0.39 is 20.0 Å². The van der Waals surface area contributed by atoms with E-state index in [0.29, 0.717) is 12.1 Å². The predicted molar refractivity (Wildman–Crippen MR) is 90.1 cm³/mol. The van der Waals surface area contributed by atoms with Crippen LogP contribution in [0.1, 0.15) is 25.3 Å². The van der Waals surface area contributed by atoms with Gasteiger partial charge in [0.05, 0.1) is 17.7 Å². The third-order valence-electron chi connectivity index (χ3n) is 3.13. The molecule has 0 bridgehead atoms. The van der Waals surface area contributed by atoms with Crippen LogP contribution in [0.5, 0.6) is 0 Å². The van der Waals surface area contributed by atoms with E-state index in [9.17, 15) is 16.8 Å². The molecule has 0 unspecified atom stereocenters. The van der Waals surface area contributed by atoms with Crippen LogP contribution < -0.4 is 9.03 Å². The molecule has 0 heterocycles. The molecule has 0 spiro atoms. The van der Waals surface area contributed by atoms with Crippen molar-refractivity contribution in [2.24, 2.45) is 0 Å². The monoisotopic (exact) mass is 348 g/mol. The van der Waals surface area contributed by atoms with E-state index in [2.05, 4.69) is 4.72 Å². The van der Waals surface area contributed by atoms with E-state index in [1.165, 1.54) is 4.31 Å². The zero-order valence-corrected chi connectivity index (χ0v) is 14.9. The van der Waals surface area contributed by atoms with E-state index in [4.69, 9.17) is 0 Å². The number of benzene rings is 1. The Kier molecular flexibility index (Phi) is 6.83. The number of hydrogen-bond donors (Lipinski definition) is 1. The number of hydrogen-bond acceptors (Lipinski definition) is 4. The number of rotatable bonds is 9. The summed E-state index contributed by atoms with van der Waals surface area (Å²) in [5.41, 5.74) is 1.55. The van der Waals surface area contributed by atoms with Crippen LogP contribution in [0.4, 0.5) is 5.69 Å². The smallest absolute Gasteiger partial charge is 0.232 e. The summed E-state index contributed by atoms with van der Waals surface area (Å²) in [5, 5.41) is 0. The molecule has 126 valence electrons. The first-order chi connectivity index (χ1) is 10.2. The van der Waals surface area contributed by atoms with Crippen LogP contribution in [0.3, 0.4) is 0 Å². The van der Waals surface area contributed by atoms with Gasteiger partial charge in [0.25, 0.3) is 0 Å². The molecule has 0 amide bonds. The molecule has 1 N–H and O–H groups in total. The molecule has 6 nitrogen and oxygen atoms in total. The van der Waals surface area contributed by atoms with Crippen molar-refractivity contribution in [1.29, 1.82) is 0 Å². The molecule has 0 aliphatic carbocycles. The largest absolute Gasteiger partial charge is 0.269 e. The molecule has 1 rings (SSSR count). The van der Waals surface area contributed by atoms with E-state index >= 15 is 0 Å². The van der Waals surface area contributed by atoms with Crippen LogP contribution >= 0.6 is 0 Å². The lowest BCUT2D eigenvalue weighted by molar-refractivity contribution is 0.575. The highest BCUT2D eigenvalue weighted by molar-refractivity contribution is 7.92. The van der Waals surface area contributed by atoms with Gasteiger partial charge in [0.2, 0.25) is 20.0 Å². The van der Waals surface area contributed by atoms with Crippen LogP contribution in [-0.4, -0.2) is 41.9 Å². The fourth-order valence-electron chi connectivity index (χ4n) is 1.91. The lowest BCUT2D eigenvalue weighted by atomic mass is 10.2. The maximum absolute atomic E-state index is 11.9. The molecule has 8 heteroatoms. The van der Waals surface area contributed by atoms with Crippen molar-refractivity contribution in [2.45, 2.75) is 26.7 Å². The van der Waals surface area contributed by atoms with Crippen LogP contribution in [0.2, 0.25) is 0 Å². The van der Waals surface area contributed by atoms with Gasteiger partial charge in [0, 0.05) is 13.1 Å². The molecule has 0 aliphatic heterocycles. The minimum absolute atomic E-state index is 0.0486. The van der Waals surface area contributed by atoms with Crippen molar-refractivity contribution in [3.8, 4) is 0 Å². The van der Waals surface area contributed by atoms with Crippen molar-refractivity contribution in [1.82, 2.24) is 4.72 Å². The summed E-state index contributed by atoms with van der Waals surface area (Å²) < 4.78 is 50.9. The first kappa shape index (κ1) is 18.9. The molecule has 0 radical (unpaired) electrons. The van der Waals surface area contributed by atoms with Gasteiger partial charge in [-0.3, -0.25) is 4.31 Å². The van der Waals surface area contributed by atoms with Crippen LogP contribution in [0, 0.1) is 6.92 Å². The Morgan fingerprint density at radius 3 is 2.18 bits per heavy atom. The molecule has 0 saturated carbocycles. The molecular weight excluding hydrogens is 324 g/mol. The highest BCUT2D eigenvalue weighted by Gasteiger charge is 2.18. The van der Waals surface area contributed by atoms with Crippen LogP contribution in [-0.2, 0) is 20.0 Å². The van der Waals surface area contributed by atoms with Crippen molar-refractivity contribution in [2.75, 3.05) is 29.4 Å². The topological polar surface area (TPSA) is 83.6 Å². The number of unbranched alkanes of at least 4 members (excludes halogenated alkanes) is 1. The molecule has 0 saturated heterocycles. The van der Waals surface area contributed by atoms with Crippen LogP contribution in [0.25, 0.3) is 0 Å². The Morgan fingerprint density at radius 2 is 1.68 bits per heavy atom.